The van der Waals surface area contributed by atoms with Crippen LogP contribution in [0.1, 0.15) is 19.3 Å². The fraction of sp³-hybridized carbons (Fsp3) is 0.500. The average molecular weight is 309 g/mol. The SMILES string of the molecule is CNS(=O)(=O)c1ccc(NC(=O)C2CC3CCC2N3)cc1. The van der Waals surface area contributed by atoms with E-state index in [1.54, 1.807) is 12.1 Å². The Kier molecular flexibility index (Phi) is 3.73. The number of anilines is 1. The minimum atomic E-state index is -3.44. The van der Waals surface area contributed by atoms with Gasteiger partial charge in [-0.1, -0.05) is 0 Å². The van der Waals surface area contributed by atoms with Gasteiger partial charge in [0.25, 0.3) is 0 Å². The summed E-state index contributed by atoms with van der Waals surface area (Å²) in [6, 6.07) is 6.97. The first-order valence-electron chi connectivity index (χ1n) is 7.10. The lowest BCUT2D eigenvalue weighted by Crippen LogP contribution is -2.32. The number of rotatable bonds is 4. The second-order valence-electron chi connectivity index (χ2n) is 5.61. The fourth-order valence-corrected chi connectivity index (χ4v) is 3.91. The third-order valence-electron chi connectivity index (χ3n) is 4.34. The summed E-state index contributed by atoms with van der Waals surface area (Å²) in [6.45, 7) is 0. The van der Waals surface area contributed by atoms with Gasteiger partial charge < -0.3 is 10.6 Å². The highest BCUT2D eigenvalue weighted by Crippen LogP contribution is 2.33. The molecule has 1 aromatic rings. The number of benzene rings is 1. The van der Waals surface area contributed by atoms with Crippen molar-refractivity contribution in [1.29, 1.82) is 0 Å². The van der Waals surface area contributed by atoms with Crippen molar-refractivity contribution in [3.63, 3.8) is 0 Å². The molecular weight excluding hydrogens is 290 g/mol. The first-order chi connectivity index (χ1) is 9.99. The molecule has 1 amide bonds. The van der Waals surface area contributed by atoms with Crippen LogP contribution in [0.15, 0.2) is 29.2 Å². The quantitative estimate of drug-likeness (QED) is 0.763. The Bertz CT molecular complexity index is 642. The second kappa shape index (κ2) is 5.40. The van der Waals surface area contributed by atoms with E-state index >= 15 is 0 Å². The first kappa shape index (κ1) is 14.5. The molecule has 2 aliphatic rings. The van der Waals surface area contributed by atoms with E-state index in [2.05, 4.69) is 15.4 Å². The Hall–Kier alpha value is -1.44. The van der Waals surface area contributed by atoms with Crippen LogP contribution in [0.2, 0.25) is 0 Å². The number of amides is 1. The summed E-state index contributed by atoms with van der Waals surface area (Å²) in [5, 5.41) is 6.30. The molecule has 2 aliphatic heterocycles. The molecule has 0 radical (unpaired) electrons. The number of carbonyl (C=O) groups is 1. The molecule has 0 saturated carbocycles. The van der Waals surface area contributed by atoms with Gasteiger partial charge in [0.1, 0.15) is 0 Å². The van der Waals surface area contributed by atoms with Gasteiger partial charge in [-0.15, -0.1) is 0 Å². The molecule has 3 rings (SSSR count). The van der Waals surface area contributed by atoms with Crippen molar-refractivity contribution in [1.82, 2.24) is 10.0 Å². The van der Waals surface area contributed by atoms with Crippen LogP contribution in [0.4, 0.5) is 5.69 Å². The number of hydrogen-bond donors (Lipinski definition) is 3. The van der Waals surface area contributed by atoms with Crippen molar-refractivity contribution in [2.75, 3.05) is 12.4 Å². The summed E-state index contributed by atoms with van der Waals surface area (Å²) in [7, 11) is -2.07. The molecule has 0 spiro atoms. The molecule has 2 saturated heterocycles. The lowest BCUT2D eigenvalue weighted by Gasteiger charge is -2.19. The molecule has 7 heteroatoms. The molecule has 0 aliphatic carbocycles. The third-order valence-corrected chi connectivity index (χ3v) is 5.77. The topological polar surface area (TPSA) is 87.3 Å². The van der Waals surface area contributed by atoms with Crippen LogP contribution < -0.4 is 15.4 Å². The minimum Gasteiger partial charge on any atom is -0.326 e. The van der Waals surface area contributed by atoms with Crippen LogP contribution in [-0.4, -0.2) is 33.5 Å². The summed E-state index contributed by atoms with van der Waals surface area (Å²) >= 11 is 0. The Balaban J connectivity index is 1.67. The number of carbonyl (C=O) groups excluding carboxylic acids is 1. The number of fused-ring (bicyclic) bond motifs is 2. The first-order valence-corrected chi connectivity index (χ1v) is 8.58. The van der Waals surface area contributed by atoms with E-state index in [1.165, 1.54) is 19.2 Å². The number of sulfonamides is 1. The Morgan fingerprint density at radius 1 is 1.24 bits per heavy atom. The van der Waals surface area contributed by atoms with Gasteiger partial charge in [-0.2, -0.15) is 0 Å². The van der Waals surface area contributed by atoms with Crippen molar-refractivity contribution in [2.24, 2.45) is 5.92 Å². The molecule has 2 bridgehead atoms. The molecule has 6 nitrogen and oxygen atoms in total. The molecule has 1 aromatic carbocycles. The van der Waals surface area contributed by atoms with Crippen molar-refractivity contribution < 1.29 is 13.2 Å². The molecule has 3 N–H and O–H groups in total. The smallest absolute Gasteiger partial charge is 0.240 e. The zero-order chi connectivity index (χ0) is 15.0. The molecule has 2 fully saturated rings. The predicted molar refractivity (Wildman–Crippen MR) is 79.4 cm³/mol. The maximum Gasteiger partial charge on any atom is 0.240 e. The van der Waals surface area contributed by atoms with Gasteiger partial charge in [-0.25, -0.2) is 13.1 Å². The molecule has 114 valence electrons. The average Bonchev–Trinajstić information content (AvgIpc) is 3.10. The van der Waals surface area contributed by atoms with Gasteiger partial charge in [-0.05, 0) is 50.6 Å². The lowest BCUT2D eigenvalue weighted by atomic mass is 9.88. The summed E-state index contributed by atoms with van der Waals surface area (Å²) in [5.41, 5.74) is 0.623. The van der Waals surface area contributed by atoms with Gasteiger partial charge in [0.2, 0.25) is 15.9 Å². The van der Waals surface area contributed by atoms with E-state index in [0.29, 0.717) is 17.8 Å². The lowest BCUT2D eigenvalue weighted by molar-refractivity contribution is -0.120. The maximum absolute atomic E-state index is 12.3. The van der Waals surface area contributed by atoms with E-state index in [4.69, 9.17) is 0 Å². The highest BCUT2D eigenvalue weighted by atomic mass is 32.2. The Labute approximate surface area is 124 Å². The summed E-state index contributed by atoms with van der Waals surface area (Å²) in [6.07, 6.45) is 3.11. The van der Waals surface area contributed by atoms with Crippen LogP contribution in [0.3, 0.4) is 0 Å². The Morgan fingerprint density at radius 3 is 2.48 bits per heavy atom. The van der Waals surface area contributed by atoms with Crippen molar-refractivity contribution >= 4 is 21.6 Å². The highest BCUT2D eigenvalue weighted by molar-refractivity contribution is 7.89. The normalized spacial score (nSPS) is 27.8. The number of nitrogens with one attached hydrogen (secondary N) is 3. The van der Waals surface area contributed by atoms with Gasteiger partial charge >= 0.3 is 0 Å². The van der Waals surface area contributed by atoms with E-state index in [0.717, 1.165) is 19.3 Å². The minimum absolute atomic E-state index is 0.0129. The summed E-state index contributed by atoms with van der Waals surface area (Å²) in [5.74, 6) is 0.0309. The number of hydrogen-bond acceptors (Lipinski definition) is 4. The van der Waals surface area contributed by atoms with Gasteiger partial charge in [0.15, 0.2) is 0 Å². The van der Waals surface area contributed by atoms with Gasteiger partial charge in [0, 0.05) is 17.8 Å². The van der Waals surface area contributed by atoms with Crippen LogP contribution in [-0.2, 0) is 14.8 Å². The Morgan fingerprint density at radius 2 is 1.95 bits per heavy atom. The van der Waals surface area contributed by atoms with Crippen molar-refractivity contribution in [2.45, 2.75) is 36.2 Å². The van der Waals surface area contributed by atoms with Crippen LogP contribution in [0, 0.1) is 5.92 Å². The summed E-state index contributed by atoms with van der Waals surface area (Å²) in [4.78, 5) is 12.4. The molecule has 21 heavy (non-hydrogen) atoms. The molecular formula is C14H19N3O3S. The van der Waals surface area contributed by atoms with Crippen LogP contribution in [0.25, 0.3) is 0 Å². The highest BCUT2D eigenvalue weighted by Gasteiger charge is 2.42. The largest absolute Gasteiger partial charge is 0.326 e. The van der Waals surface area contributed by atoms with Gasteiger partial charge in [-0.3, -0.25) is 4.79 Å². The third kappa shape index (κ3) is 2.81. The summed E-state index contributed by atoms with van der Waals surface area (Å²) < 4.78 is 25.5. The van der Waals surface area contributed by atoms with Crippen LogP contribution >= 0.6 is 0 Å². The van der Waals surface area contributed by atoms with Crippen molar-refractivity contribution in [3.05, 3.63) is 24.3 Å². The van der Waals surface area contributed by atoms with E-state index in [1.807, 2.05) is 0 Å². The van der Waals surface area contributed by atoms with E-state index in [-0.39, 0.29) is 16.7 Å². The molecule has 3 atom stereocenters. The second-order valence-corrected chi connectivity index (χ2v) is 7.50. The van der Waals surface area contributed by atoms with E-state index < -0.39 is 10.0 Å². The fourth-order valence-electron chi connectivity index (χ4n) is 3.18. The standard InChI is InChI=1S/C14H19N3O3S/c1-15-21(19,20)11-5-2-9(3-6-11)17-14(18)12-8-10-4-7-13(12)16-10/h2-3,5-6,10,12-13,15-16H,4,7-8H2,1H3,(H,17,18). The van der Waals surface area contributed by atoms with Gasteiger partial charge in [0.05, 0.1) is 10.8 Å². The monoisotopic (exact) mass is 309 g/mol. The van der Waals surface area contributed by atoms with Crippen molar-refractivity contribution in [3.8, 4) is 0 Å². The molecule has 2 heterocycles. The van der Waals surface area contributed by atoms with E-state index in [9.17, 15) is 13.2 Å². The molecule has 3 unspecified atom stereocenters. The maximum atomic E-state index is 12.3. The van der Waals surface area contributed by atoms with Crippen LogP contribution in [0.5, 0.6) is 0 Å². The molecule has 0 aromatic heterocycles. The zero-order valence-electron chi connectivity index (χ0n) is 11.8. The predicted octanol–water partition coefficient (Wildman–Crippen LogP) is 0.674. The zero-order valence-corrected chi connectivity index (χ0v) is 12.6.